The van der Waals surface area contributed by atoms with Crippen LogP contribution in [0, 0.1) is 0 Å². The van der Waals surface area contributed by atoms with Gasteiger partial charge in [-0.05, 0) is 0 Å². The van der Waals surface area contributed by atoms with Gasteiger partial charge in [0.1, 0.15) is 16.7 Å². The maximum Gasteiger partial charge on any atom is 0.326 e. The molecule has 1 amide bonds. The highest BCUT2D eigenvalue weighted by Gasteiger charge is 2.24. The first-order chi connectivity index (χ1) is 11.0. The molecular weight excluding hydrogens is 326 g/mol. The van der Waals surface area contributed by atoms with Crippen LogP contribution in [0.4, 0.5) is 0 Å². The number of ether oxygens (including phenoxy) is 1. The molecule has 1 saturated heterocycles. The highest BCUT2D eigenvalue weighted by atomic mass is 32.1. The van der Waals surface area contributed by atoms with Crippen LogP contribution in [0.3, 0.4) is 0 Å². The Morgan fingerprint density at radius 2 is 2.04 bits per heavy atom. The Balaban J connectivity index is 1.94. The summed E-state index contributed by atoms with van der Waals surface area (Å²) in [6.07, 6.45) is -0.689. The minimum Gasteiger partial charge on any atom is -0.481 e. The summed E-state index contributed by atoms with van der Waals surface area (Å²) in [5.74, 6) is -3.39. The third-order valence-corrected chi connectivity index (χ3v) is 4.06. The molecule has 10 heteroatoms. The number of thiazole rings is 1. The van der Waals surface area contributed by atoms with Gasteiger partial charge in [-0.3, -0.25) is 14.5 Å². The molecule has 2 heterocycles. The first-order valence-electron chi connectivity index (χ1n) is 6.95. The van der Waals surface area contributed by atoms with E-state index in [9.17, 15) is 14.4 Å². The lowest BCUT2D eigenvalue weighted by molar-refractivity contribution is -0.145. The van der Waals surface area contributed by atoms with Crippen LogP contribution >= 0.6 is 11.3 Å². The standard InChI is InChI=1S/C13H17N3O6S/c17-11(18)5-8(13(20)21)15-12(19)9-7-23-10(14-9)6-16-1-3-22-4-2-16/h7-8H,1-6H2,(H,15,19)(H,17,18)(H,20,21). The van der Waals surface area contributed by atoms with Gasteiger partial charge in [-0.2, -0.15) is 0 Å². The summed E-state index contributed by atoms with van der Waals surface area (Å²) in [6.45, 7) is 3.50. The van der Waals surface area contributed by atoms with Crippen molar-refractivity contribution in [1.29, 1.82) is 0 Å². The average Bonchev–Trinajstić information content (AvgIpc) is 2.95. The fourth-order valence-electron chi connectivity index (χ4n) is 2.05. The van der Waals surface area contributed by atoms with E-state index in [1.165, 1.54) is 16.7 Å². The minimum absolute atomic E-state index is 0.0925. The molecule has 0 aliphatic carbocycles. The van der Waals surface area contributed by atoms with Gasteiger partial charge in [0.25, 0.3) is 5.91 Å². The third kappa shape index (κ3) is 5.27. The molecule has 1 aliphatic rings. The molecule has 2 rings (SSSR count). The fourth-order valence-corrected chi connectivity index (χ4v) is 2.86. The zero-order valence-electron chi connectivity index (χ0n) is 12.2. The van der Waals surface area contributed by atoms with Crippen LogP contribution in [0.5, 0.6) is 0 Å². The van der Waals surface area contributed by atoms with Crippen LogP contribution in [0.1, 0.15) is 21.9 Å². The molecule has 9 nitrogen and oxygen atoms in total. The highest BCUT2D eigenvalue weighted by Crippen LogP contribution is 2.13. The van der Waals surface area contributed by atoms with Gasteiger partial charge >= 0.3 is 11.9 Å². The van der Waals surface area contributed by atoms with Crippen LogP contribution in [0.2, 0.25) is 0 Å². The molecule has 1 aliphatic heterocycles. The predicted molar refractivity (Wildman–Crippen MR) is 79.4 cm³/mol. The Morgan fingerprint density at radius 1 is 1.35 bits per heavy atom. The zero-order chi connectivity index (χ0) is 16.8. The van der Waals surface area contributed by atoms with E-state index in [4.69, 9.17) is 14.9 Å². The molecule has 0 radical (unpaired) electrons. The molecule has 0 bridgehead atoms. The molecule has 1 aromatic rings. The molecule has 1 fully saturated rings. The maximum atomic E-state index is 12.0. The molecule has 0 aromatic carbocycles. The maximum absolute atomic E-state index is 12.0. The summed E-state index contributed by atoms with van der Waals surface area (Å²) in [4.78, 5) is 39.9. The number of rotatable bonds is 7. The van der Waals surface area contributed by atoms with Crippen LogP contribution < -0.4 is 5.32 Å². The molecule has 3 N–H and O–H groups in total. The normalized spacial score (nSPS) is 16.7. The van der Waals surface area contributed by atoms with Crippen molar-refractivity contribution < 1.29 is 29.3 Å². The van der Waals surface area contributed by atoms with E-state index in [2.05, 4.69) is 15.2 Å². The van der Waals surface area contributed by atoms with Gasteiger partial charge in [0, 0.05) is 18.5 Å². The average molecular weight is 343 g/mol. The summed E-state index contributed by atoms with van der Waals surface area (Å²) in [7, 11) is 0. The number of hydrogen-bond acceptors (Lipinski definition) is 7. The Kier molecular flexibility index (Phi) is 6.02. The number of morpholine rings is 1. The van der Waals surface area contributed by atoms with E-state index in [1.54, 1.807) is 0 Å². The summed E-state index contributed by atoms with van der Waals surface area (Å²) < 4.78 is 5.25. The lowest BCUT2D eigenvalue weighted by atomic mass is 10.2. The quantitative estimate of drug-likeness (QED) is 0.612. The SMILES string of the molecule is O=C(O)CC(NC(=O)c1csc(CN2CCOCC2)n1)C(=O)O. The number of amides is 1. The number of carbonyl (C=O) groups excluding carboxylic acids is 1. The van der Waals surface area contributed by atoms with E-state index in [-0.39, 0.29) is 5.69 Å². The molecule has 126 valence electrons. The summed E-state index contributed by atoms with van der Waals surface area (Å²) in [5, 5.41) is 22.0. The van der Waals surface area contributed by atoms with Crippen molar-refractivity contribution in [2.24, 2.45) is 0 Å². The van der Waals surface area contributed by atoms with Gasteiger partial charge < -0.3 is 20.3 Å². The predicted octanol–water partition coefficient (Wildman–Crippen LogP) is -0.367. The summed E-state index contributed by atoms with van der Waals surface area (Å²) in [5.41, 5.74) is 0.0925. The van der Waals surface area contributed by atoms with Gasteiger partial charge in [0.15, 0.2) is 0 Å². The van der Waals surface area contributed by atoms with Crippen LogP contribution in [-0.4, -0.2) is 70.3 Å². The number of aliphatic carboxylic acids is 2. The molecule has 0 saturated carbocycles. The first kappa shape index (κ1) is 17.3. The molecule has 0 spiro atoms. The van der Waals surface area contributed by atoms with E-state index in [0.717, 1.165) is 18.1 Å². The molecule has 1 atom stereocenters. The Morgan fingerprint density at radius 3 is 2.65 bits per heavy atom. The van der Waals surface area contributed by atoms with Gasteiger partial charge in [0.2, 0.25) is 0 Å². The number of nitrogens with zero attached hydrogens (tertiary/aromatic N) is 2. The van der Waals surface area contributed by atoms with Gasteiger partial charge in [0.05, 0.1) is 26.2 Å². The van der Waals surface area contributed by atoms with Crippen molar-refractivity contribution in [2.75, 3.05) is 26.3 Å². The summed E-state index contributed by atoms with van der Waals surface area (Å²) >= 11 is 1.30. The third-order valence-electron chi connectivity index (χ3n) is 3.23. The van der Waals surface area contributed by atoms with E-state index < -0.39 is 30.3 Å². The number of carboxylic acids is 2. The number of carboxylic acid groups (broad SMARTS) is 2. The van der Waals surface area contributed by atoms with Gasteiger partial charge in [-0.25, -0.2) is 9.78 Å². The highest BCUT2D eigenvalue weighted by molar-refractivity contribution is 7.09. The van der Waals surface area contributed by atoms with Crippen molar-refractivity contribution >= 4 is 29.2 Å². The fraction of sp³-hybridized carbons (Fsp3) is 0.538. The smallest absolute Gasteiger partial charge is 0.326 e. The van der Waals surface area contributed by atoms with Crippen LogP contribution in [0.25, 0.3) is 0 Å². The van der Waals surface area contributed by atoms with Crippen molar-refractivity contribution in [3.8, 4) is 0 Å². The number of carbonyl (C=O) groups is 3. The lowest BCUT2D eigenvalue weighted by Gasteiger charge is -2.25. The number of aromatic nitrogens is 1. The Bertz CT molecular complexity index is 584. The zero-order valence-corrected chi connectivity index (χ0v) is 13.0. The number of hydrogen-bond donors (Lipinski definition) is 3. The Hall–Kier alpha value is -2.04. The summed E-state index contributed by atoms with van der Waals surface area (Å²) in [6, 6.07) is -1.48. The van der Waals surface area contributed by atoms with Crippen molar-refractivity contribution in [1.82, 2.24) is 15.2 Å². The molecular formula is C13H17N3O6S. The van der Waals surface area contributed by atoms with Crippen LogP contribution in [-0.2, 0) is 20.9 Å². The van der Waals surface area contributed by atoms with E-state index in [1.807, 2.05) is 0 Å². The topological polar surface area (TPSA) is 129 Å². The minimum atomic E-state index is -1.48. The molecule has 1 aromatic heterocycles. The van der Waals surface area contributed by atoms with Gasteiger partial charge in [-0.1, -0.05) is 0 Å². The molecule has 1 unspecified atom stereocenters. The van der Waals surface area contributed by atoms with Crippen molar-refractivity contribution in [3.63, 3.8) is 0 Å². The van der Waals surface area contributed by atoms with Crippen LogP contribution in [0.15, 0.2) is 5.38 Å². The second-order valence-corrected chi connectivity index (χ2v) is 5.92. The lowest BCUT2D eigenvalue weighted by Crippen LogP contribution is -2.42. The second kappa shape index (κ2) is 7.99. The largest absolute Gasteiger partial charge is 0.481 e. The van der Waals surface area contributed by atoms with E-state index >= 15 is 0 Å². The second-order valence-electron chi connectivity index (χ2n) is 4.98. The van der Waals surface area contributed by atoms with Crippen molar-refractivity contribution in [3.05, 3.63) is 16.1 Å². The monoisotopic (exact) mass is 343 g/mol. The van der Waals surface area contributed by atoms with E-state index in [0.29, 0.717) is 19.8 Å². The Labute approximate surface area is 135 Å². The first-order valence-corrected chi connectivity index (χ1v) is 7.83. The van der Waals surface area contributed by atoms with Gasteiger partial charge in [-0.15, -0.1) is 11.3 Å². The number of nitrogens with one attached hydrogen (secondary N) is 1. The molecule has 23 heavy (non-hydrogen) atoms. The van der Waals surface area contributed by atoms with Crippen molar-refractivity contribution in [2.45, 2.75) is 19.0 Å².